The molecule has 0 aliphatic rings. The number of hydrogen-bond acceptors (Lipinski definition) is 5. The number of benzene rings is 4. The van der Waals surface area contributed by atoms with Crippen molar-refractivity contribution in [2.75, 3.05) is 10.6 Å². The third-order valence-electron chi connectivity index (χ3n) is 5.95. The summed E-state index contributed by atoms with van der Waals surface area (Å²) in [7, 11) is 0. The molecule has 0 aromatic heterocycles. The minimum absolute atomic E-state index is 0.186. The highest BCUT2D eigenvalue weighted by Gasteiger charge is 2.24. The highest BCUT2D eigenvalue weighted by atomic mass is 35.5. The third-order valence-corrected chi connectivity index (χ3v) is 7.61. The van der Waals surface area contributed by atoms with Crippen molar-refractivity contribution < 1.29 is 29.4 Å². The molecule has 0 saturated heterocycles. The second-order valence-corrected chi connectivity index (χ2v) is 10.2. The predicted molar refractivity (Wildman–Crippen MR) is 155 cm³/mol. The zero-order valence-electron chi connectivity index (χ0n) is 21.1. The lowest BCUT2D eigenvalue weighted by Gasteiger charge is -2.19. The molecule has 0 bridgehead atoms. The zero-order chi connectivity index (χ0) is 28.8. The summed E-state index contributed by atoms with van der Waals surface area (Å²) in [5.74, 6) is -3.71. The maximum absolute atomic E-state index is 13.5. The first-order valence-corrected chi connectivity index (χ1v) is 13.2. The summed E-state index contributed by atoms with van der Waals surface area (Å²) in [6.45, 7) is 1.82. The fraction of sp³-hybridized carbons (Fsp3) is 0.0667. The maximum Gasteiger partial charge on any atom is 0.336 e. The van der Waals surface area contributed by atoms with Crippen LogP contribution < -0.4 is 10.6 Å². The summed E-state index contributed by atoms with van der Waals surface area (Å²) in [5.41, 5.74) is 1.62. The van der Waals surface area contributed by atoms with E-state index in [9.17, 15) is 24.3 Å². The third kappa shape index (κ3) is 6.69. The van der Waals surface area contributed by atoms with Crippen molar-refractivity contribution in [1.29, 1.82) is 0 Å². The van der Waals surface area contributed by atoms with Gasteiger partial charge < -0.3 is 20.8 Å². The second kappa shape index (κ2) is 12.5. The van der Waals surface area contributed by atoms with Gasteiger partial charge in [-0.3, -0.25) is 9.59 Å². The van der Waals surface area contributed by atoms with Gasteiger partial charge in [-0.1, -0.05) is 54.1 Å². The van der Waals surface area contributed by atoms with E-state index in [1.807, 2.05) is 37.3 Å². The smallest absolute Gasteiger partial charge is 0.336 e. The largest absolute Gasteiger partial charge is 0.478 e. The fourth-order valence-electron chi connectivity index (χ4n) is 3.88. The molecule has 4 aromatic carbocycles. The highest BCUT2D eigenvalue weighted by Crippen LogP contribution is 2.38. The monoisotopic (exact) mass is 574 g/mol. The fourth-order valence-corrected chi connectivity index (χ4v) is 5.13. The molecule has 0 heterocycles. The van der Waals surface area contributed by atoms with Gasteiger partial charge in [0.05, 0.1) is 16.7 Å². The van der Waals surface area contributed by atoms with Gasteiger partial charge in [0, 0.05) is 21.3 Å². The van der Waals surface area contributed by atoms with E-state index in [0.717, 1.165) is 23.3 Å². The van der Waals surface area contributed by atoms with Crippen LogP contribution in [-0.2, 0) is 4.79 Å². The zero-order valence-corrected chi connectivity index (χ0v) is 22.6. The van der Waals surface area contributed by atoms with E-state index in [-0.39, 0.29) is 17.0 Å². The molecule has 0 radical (unpaired) electrons. The summed E-state index contributed by atoms with van der Waals surface area (Å²) in [4.78, 5) is 50.0. The normalized spacial score (nSPS) is 11.3. The number of hydrogen-bond donors (Lipinski definition) is 4. The van der Waals surface area contributed by atoms with Crippen LogP contribution in [-0.4, -0.2) is 34.0 Å². The average Bonchev–Trinajstić information content (AvgIpc) is 2.94. The number of amides is 2. The highest BCUT2D eigenvalue weighted by molar-refractivity contribution is 8.00. The standard InChI is InChI=1S/C30H23ClN2O6S/c1-17-24(31)11-6-12-25(17)33-28(35)26(18-7-3-2-4-8-18)40-21-10-5-9-20(16-21)32-27(34)22-14-13-19(29(36)37)15-23(22)30(38)39/h2-16,26H,1H3,(H,32,34)(H,33,35)(H,36,37)(H,38,39). The summed E-state index contributed by atoms with van der Waals surface area (Å²) in [6.07, 6.45) is 0. The van der Waals surface area contributed by atoms with E-state index in [1.165, 1.54) is 17.8 Å². The van der Waals surface area contributed by atoms with Crippen molar-refractivity contribution in [2.24, 2.45) is 0 Å². The van der Waals surface area contributed by atoms with Gasteiger partial charge in [0.2, 0.25) is 5.91 Å². The lowest BCUT2D eigenvalue weighted by atomic mass is 10.0. The summed E-state index contributed by atoms with van der Waals surface area (Å²) < 4.78 is 0. The van der Waals surface area contributed by atoms with Gasteiger partial charge >= 0.3 is 11.9 Å². The maximum atomic E-state index is 13.5. The first-order valence-electron chi connectivity index (χ1n) is 11.9. The molecule has 202 valence electrons. The van der Waals surface area contributed by atoms with Gasteiger partial charge in [0.15, 0.2) is 0 Å². The molecule has 40 heavy (non-hydrogen) atoms. The van der Waals surface area contributed by atoms with Gasteiger partial charge in [-0.2, -0.15) is 0 Å². The Balaban J connectivity index is 1.58. The Bertz CT molecular complexity index is 1610. The van der Waals surface area contributed by atoms with Gasteiger partial charge in [-0.15, -0.1) is 11.8 Å². The second-order valence-electron chi connectivity index (χ2n) is 8.66. The van der Waals surface area contributed by atoms with Crippen LogP contribution >= 0.6 is 23.4 Å². The number of aromatic carboxylic acids is 2. The van der Waals surface area contributed by atoms with Crippen molar-refractivity contribution in [3.8, 4) is 0 Å². The lowest BCUT2D eigenvalue weighted by Crippen LogP contribution is -2.19. The number of halogens is 1. The number of carbonyl (C=O) groups is 4. The number of anilines is 2. The molecule has 4 aromatic rings. The van der Waals surface area contributed by atoms with Crippen molar-refractivity contribution >= 4 is 58.5 Å². The minimum atomic E-state index is -1.43. The molecule has 1 unspecified atom stereocenters. The van der Waals surface area contributed by atoms with Crippen LogP contribution in [0.15, 0.2) is 95.9 Å². The molecule has 0 saturated carbocycles. The molecule has 0 spiro atoms. The molecule has 4 rings (SSSR count). The Morgan fingerprint density at radius 2 is 1.50 bits per heavy atom. The van der Waals surface area contributed by atoms with Crippen LogP contribution in [0.3, 0.4) is 0 Å². The van der Waals surface area contributed by atoms with E-state index in [4.69, 9.17) is 16.7 Å². The van der Waals surface area contributed by atoms with E-state index in [2.05, 4.69) is 10.6 Å². The molecule has 0 fully saturated rings. The van der Waals surface area contributed by atoms with Gasteiger partial charge in [0.25, 0.3) is 5.91 Å². The van der Waals surface area contributed by atoms with E-state index >= 15 is 0 Å². The number of carboxylic acids is 2. The quantitative estimate of drug-likeness (QED) is 0.162. The first kappa shape index (κ1) is 28.4. The van der Waals surface area contributed by atoms with Crippen molar-refractivity contribution in [2.45, 2.75) is 17.1 Å². The first-order chi connectivity index (χ1) is 19.1. The van der Waals surface area contributed by atoms with Crippen LogP contribution in [0.25, 0.3) is 0 Å². The number of thioether (sulfide) groups is 1. The van der Waals surface area contributed by atoms with E-state index in [0.29, 0.717) is 21.3 Å². The lowest BCUT2D eigenvalue weighted by molar-refractivity contribution is -0.115. The summed E-state index contributed by atoms with van der Waals surface area (Å²) in [6, 6.07) is 24.6. The molecule has 4 N–H and O–H groups in total. The molecule has 8 nitrogen and oxygen atoms in total. The van der Waals surface area contributed by atoms with Gasteiger partial charge in [0.1, 0.15) is 5.25 Å². The molecule has 10 heteroatoms. The van der Waals surface area contributed by atoms with Crippen molar-refractivity contribution in [3.63, 3.8) is 0 Å². The molecule has 0 aliphatic heterocycles. The van der Waals surface area contributed by atoms with E-state index < -0.39 is 28.7 Å². The Morgan fingerprint density at radius 1 is 0.775 bits per heavy atom. The molecular weight excluding hydrogens is 552 g/mol. The number of nitrogens with one attached hydrogen (secondary N) is 2. The average molecular weight is 575 g/mol. The summed E-state index contributed by atoms with van der Waals surface area (Å²) in [5, 5.41) is 24.2. The molecule has 1 atom stereocenters. The van der Waals surface area contributed by atoms with Crippen LogP contribution in [0.4, 0.5) is 11.4 Å². The van der Waals surface area contributed by atoms with Crippen molar-refractivity contribution in [3.05, 3.63) is 124 Å². The predicted octanol–water partition coefficient (Wildman–Crippen LogP) is 6.77. The van der Waals surface area contributed by atoms with Crippen molar-refractivity contribution in [1.82, 2.24) is 0 Å². The van der Waals surface area contributed by atoms with Gasteiger partial charge in [-0.05, 0) is 66.6 Å². The summed E-state index contributed by atoms with van der Waals surface area (Å²) >= 11 is 7.50. The topological polar surface area (TPSA) is 133 Å². The van der Waals surface area contributed by atoms with Crippen LogP contribution in [0.2, 0.25) is 5.02 Å². The number of carbonyl (C=O) groups excluding carboxylic acids is 2. The minimum Gasteiger partial charge on any atom is -0.478 e. The van der Waals surface area contributed by atoms with Crippen LogP contribution in [0.5, 0.6) is 0 Å². The van der Waals surface area contributed by atoms with E-state index in [1.54, 1.807) is 42.5 Å². The molecule has 0 aliphatic carbocycles. The Labute approximate surface area is 239 Å². The SMILES string of the molecule is Cc1c(Cl)cccc1NC(=O)C(Sc1cccc(NC(=O)c2ccc(C(=O)O)cc2C(=O)O)c1)c1ccccc1. The Morgan fingerprint density at radius 3 is 2.20 bits per heavy atom. The molecule has 2 amide bonds. The van der Waals surface area contributed by atoms with Crippen LogP contribution in [0.1, 0.15) is 47.5 Å². The Hall–Kier alpha value is -4.60. The molecular formula is C30H23ClN2O6S. The number of rotatable bonds is 9. The number of carboxylic acid groups (broad SMARTS) is 2. The Kier molecular flexibility index (Phi) is 8.88. The van der Waals surface area contributed by atoms with Crippen LogP contribution in [0, 0.1) is 6.92 Å². The van der Waals surface area contributed by atoms with Gasteiger partial charge in [-0.25, -0.2) is 9.59 Å².